The zero-order valence-corrected chi connectivity index (χ0v) is 12.7. The van der Waals surface area contributed by atoms with Crippen molar-refractivity contribution in [3.05, 3.63) is 65.0 Å². The molecule has 5 heteroatoms. The maximum absolute atomic E-state index is 13.4. The van der Waals surface area contributed by atoms with Crippen molar-refractivity contribution in [2.75, 3.05) is 0 Å². The Morgan fingerprint density at radius 1 is 1.22 bits per heavy atom. The molecule has 0 radical (unpaired) electrons. The Morgan fingerprint density at radius 2 is 1.87 bits per heavy atom. The van der Waals surface area contributed by atoms with Crippen LogP contribution in [-0.2, 0) is 11.2 Å². The zero-order chi connectivity index (χ0) is 17.2. The number of halogens is 1. The molecular weight excluding hydrogens is 297 g/mol. The highest BCUT2D eigenvalue weighted by Crippen LogP contribution is 2.18. The highest BCUT2D eigenvalue weighted by Gasteiger charge is 2.10. The molecule has 23 heavy (non-hydrogen) atoms. The average molecular weight is 313 g/mol. The summed E-state index contributed by atoms with van der Waals surface area (Å²) in [7, 11) is 0. The first-order valence-electron chi connectivity index (χ1n) is 6.93. The molecule has 0 heterocycles. The van der Waals surface area contributed by atoms with E-state index in [1.807, 2.05) is 18.9 Å². The van der Waals surface area contributed by atoms with Gasteiger partial charge in [0.15, 0.2) is 0 Å². The third kappa shape index (κ3) is 5.04. The molecule has 0 aliphatic rings. The molecule has 0 saturated heterocycles. The number of benzene rings is 2. The van der Waals surface area contributed by atoms with Gasteiger partial charge in [0.05, 0.1) is 11.1 Å². The lowest BCUT2D eigenvalue weighted by Gasteiger charge is -2.06. The van der Waals surface area contributed by atoms with Crippen LogP contribution in [0.1, 0.15) is 34.8 Å². The quantitative estimate of drug-likeness (QED) is 0.638. The summed E-state index contributed by atoms with van der Waals surface area (Å²) in [4.78, 5) is 19.9. The molecule has 4 nitrogen and oxygen atoms in total. The summed E-state index contributed by atoms with van der Waals surface area (Å²) in [5.41, 5.74) is 1.47. The van der Waals surface area contributed by atoms with E-state index in [1.165, 1.54) is 12.1 Å². The van der Waals surface area contributed by atoms with Gasteiger partial charge in [-0.05, 0) is 36.2 Å². The van der Waals surface area contributed by atoms with E-state index in [9.17, 15) is 9.18 Å². The van der Waals surface area contributed by atoms with Crippen LogP contribution in [0.2, 0.25) is 0 Å². The van der Waals surface area contributed by atoms with Crippen LogP contribution in [0.15, 0.2) is 42.5 Å². The van der Waals surface area contributed by atoms with Gasteiger partial charge in [0.25, 0.3) is 0 Å². The molecule has 0 aliphatic heterocycles. The van der Waals surface area contributed by atoms with E-state index in [0.29, 0.717) is 5.56 Å². The van der Waals surface area contributed by atoms with E-state index in [1.54, 1.807) is 18.2 Å². The van der Waals surface area contributed by atoms with Crippen molar-refractivity contribution in [1.82, 2.24) is 0 Å². The van der Waals surface area contributed by atoms with Gasteiger partial charge in [-0.15, -0.1) is 0 Å². The van der Waals surface area contributed by atoms with Crippen LogP contribution < -0.4 is 4.74 Å². The number of carbonyl (C=O) groups is 2. The van der Waals surface area contributed by atoms with Crippen LogP contribution in [0, 0.1) is 17.1 Å². The first-order valence-corrected chi connectivity index (χ1v) is 6.93. The third-order valence-electron chi connectivity index (χ3n) is 3.00. The van der Waals surface area contributed by atoms with E-state index in [0.717, 1.165) is 24.5 Å². The number of nitrogens with zero attached hydrogens (tertiary/aromatic N) is 1. The van der Waals surface area contributed by atoms with E-state index in [-0.39, 0.29) is 11.3 Å². The Balaban J connectivity index is 0.00000127. The van der Waals surface area contributed by atoms with Crippen LogP contribution in [0.4, 0.5) is 4.39 Å². The van der Waals surface area contributed by atoms with Crippen LogP contribution in [-0.4, -0.2) is 12.8 Å². The van der Waals surface area contributed by atoms with Gasteiger partial charge < -0.3 is 9.53 Å². The molecule has 0 fully saturated rings. The monoisotopic (exact) mass is 313 g/mol. The fourth-order valence-corrected chi connectivity index (χ4v) is 1.91. The summed E-state index contributed by atoms with van der Waals surface area (Å²) in [5.74, 6) is -1.18. The van der Waals surface area contributed by atoms with Crippen LogP contribution in [0.5, 0.6) is 5.75 Å². The summed E-state index contributed by atoms with van der Waals surface area (Å²) in [6.07, 6.45) is 1.99. The molecule has 0 aliphatic carbocycles. The number of carbonyl (C=O) groups excluding carboxylic acids is 2. The average Bonchev–Trinajstić information content (AvgIpc) is 2.58. The number of esters is 1. The highest BCUT2D eigenvalue weighted by molar-refractivity contribution is 5.91. The smallest absolute Gasteiger partial charge is 0.343 e. The Hall–Kier alpha value is -3.00. The Labute approximate surface area is 134 Å². The van der Waals surface area contributed by atoms with Crippen molar-refractivity contribution in [1.29, 1.82) is 5.26 Å². The third-order valence-corrected chi connectivity index (χ3v) is 3.00. The molecule has 0 unspecified atom stereocenters. The van der Waals surface area contributed by atoms with Gasteiger partial charge in [-0.25, -0.2) is 9.18 Å². The standard InChI is InChI=1S/C17H14FNO2.CH2O/c1-2-3-12-4-6-13(7-5-12)17(20)21-15-9-8-14(11-19)16(18)10-15;1-2/h4-10H,2-3H2,1H3;1H2. The summed E-state index contributed by atoms with van der Waals surface area (Å²) in [6, 6.07) is 12.5. The van der Waals surface area contributed by atoms with E-state index in [4.69, 9.17) is 14.8 Å². The first-order chi connectivity index (χ1) is 11.1. The predicted octanol–water partition coefficient (Wildman–Crippen LogP) is 3.68. The van der Waals surface area contributed by atoms with Gasteiger partial charge in [0, 0.05) is 6.07 Å². The van der Waals surface area contributed by atoms with Crippen molar-refractivity contribution in [3.8, 4) is 11.8 Å². The number of nitriles is 1. The maximum atomic E-state index is 13.4. The molecule has 0 saturated carbocycles. The summed E-state index contributed by atoms with van der Waals surface area (Å²) in [6.45, 7) is 4.08. The zero-order valence-electron chi connectivity index (χ0n) is 12.7. The topological polar surface area (TPSA) is 67.2 Å². The van der Waals surface area contributed by atoms with E-state index >= 15 is 0 Å². The molecule has 2 aromatic carbocycles. The van der Waals surface area contributed by atoms with Gasteiger partial charge in [0.1, 0.15) is 24.4 Å². The normalized spacial score (nSPS) is 9.26. The van der Waals surface area contributed by atoms with Crippen LogP contribution in [0.3, 0.4) is 0 Å². The Morgan fingerprint density at radius 3 is 2.39 bits per heavy atom. The number of rotatable bonds is 4. The number of ether oxygens (including phenoxy) is 1. The molecule has 0 N–H and O–H groups in total. The summed E-state index contributed by atoms with van der Waals surface area (Å²) < 4.78 is 18.5. The highest BCUT2D eigenvalue weighted by atomic mass is 19.1. The second-order valence-electron chi connectivity index (χ2n) is 4.59. The second kappa shape index (κ2) is 9.11. The van der Waals surface area contributed by atoms with Gasteiger partial charge in [-0.1, -0.05) is 25.5 Å². The summed E-state index contributed by atoms with van der Waals surface area (Å²) in [5, 5.41) is 8.64. The molecule has 0 atom stereocenters. The molecule has 0 spiro atoms. The Bertz CT molecular complexity index is 705. The molecule has 0 amide bonds. The largest absolute Gasteiger partial charge is 0.423 e. The van der Waals surface area contributed by atoms with Crippen molar-refractivity contribution >= 4 is 12.8 Å². The molecular formula is C18H16FNO3. The van der Waals surface area contributed by atoms with Gasteiger partial charge in [-0.3, -0.25) is 0 Å². The number of aryl methyl sites for hydroxylation is 1. The lowest BCUT2D eigenvalue weighted by Crippen LogP contribution is -2.08. The van der Waals surface area contributed by atoms with Gasteiger partial charge >= 0.3 is 5.97 Å². The molecule has 0 aromatic heterocycles. The van der Waals surface area contributed by atoms with Crippen LogP contribution in [0.25, 0.3) is 0 Å². The summed E-state index contributed by atoms with van der Waals surface area (Å²) >= 11 is 0. The van der Waals surface area contributed by atoms with Crippen molar-refractivity contribution in [2.45, 2.75) is 19.8 Å². The predicted molar refractivity (Wildman–Crippen MR) is 83.6 cm³/mol. The fourth-order valence-electron chi connectivity index (χ4n) is 1.91. The minimum atomic E-state index is -0.707. The fraction of sp³-hybridized carbons (Fsp3) is 0.167. The molecule has 0 bridgehead atoms. The molecule has 2 rings (SSSR count). The number of hydrogen-bond donors (Lipinski definition) is 0. The van der Waals surface area contributed by atoms with E-state index in [2.05, 4.69) is 6.92 Å². The second-order valence-corrected chi connectivity index (χ2v) is 4.59. The SMILES string of the molecule is C=O.CCCc1ccc(C(=O)Oc2ccc(C#N)c(F)c2)cc1. The Kier molecular flexibility index (Phi) is 7.15. The lowest BCUT2D eigenvalue weighted by molar-refractivity contribution is -0.0980. The molecule has 118 valence electrons. The van der Waals surface area contributed by atoms with Crippen LogP contribution >= 0.6 is 0 Å². The van der Waals surface area contributed by atoms with Crippen molar-refractivity contribution in [2.24, 2.45) is 0 Å². The first kappa shape index (κ1) is 18.1. The molecule has 2 aromatic rings. The van der Waals surface area contributed by atoms with Gasteiger partial charge in [-0.2, -0.15) is 5.26 Å². The maximum Gasteiger partial charge on any atom is 0.343 e. The van der Waals surface area contributed by atoms with E-state index < -0.39 is 11.8 Å². The minimum Gasteiger partial charge on any atom is -0.423 e. The van der Waals surface area contributed by atoms with Gasteiger partial charge in [0.2, 0.25) is 0 Å². The van der Waals surface area contributed by atoms with Crippen molar-refractivity contribution < 1.29 is 18.7 Å². The minimum absolute atomic E-state index is 0.0779. The lowest BCUT2D eigenvalue weighted by atomic mass is 10.1. The van der Waals surface area contributed by atoms with Crippen molar-refractivity contribution in [3.63, 3.8) is 0 Å². The number of hydrogen-bond acceptors (Lipinski definition) is 4.